The molecule has 2 atom stereocenters. The van der Waals surface area contributed by atoms with Gasteiger partial charge in [0.25, 0.3) is 0 Å². The fraction of sp³-hybridized carbons (Fsp3) is 0.929. The number of likely N-dealkylation sites (tertiary alicyclic amines) is 1. The van der Waals surface area contributed by atoms with Gasteiger partial charge < -0.3 is 11.1 Å². The molecule has 1 rings (SSSR count). The van der Waals surface area contributed by atoms with E-state index in [1.165, 1.54) is 0 Å². The summed E-state index contributed by atoms with van der Waals surface area (Å²) in [6, 6.07) is 0.176. The summed E-state index contributed by atoms with van der Waals surface area (Å²) < 4.78 is 0. The molecule has 0 radical (unpaired) electrons. The summed E-state index contributed by atoms with van der Waals surface area (Å²) >= 11 is 0. The van der Waals surface area contributed by atoms with Crippen LogP contribution >= 0.6 is 12.4 Å². The molecule has 0 aromatic carbocycles. The van der Waals surface area contributed by atoms with Crippen LogP contribution in [0, 0.1) is 11.3 Å². The van der Waals surface area contributed by atoms with Crippen LogP contribution in [0.2, 0.25) is 0 Å². The van der Waals surface area contributed by atoms with Crippen molar-refractivity contribution < 1.29 is 4.79 Å². The van der Waals surface area contributed by atoms with Crippen LogP contribution < -0.4 is 11.1 Å². The first kappa shape index (κ1) is 18.7. The van der Waals surface area contributed by atoms with Crippen LogP contribution in [-0.2, 0) is 4.79 Å². The van der Waals surface area contributed by atoms with Gasteiger partial charge in [0.1, 0.15) is 0 Å². The van der Waals surface area contributed by atoms with E-state index in [4.69, 9.17) is 5.73 Å². The predicted octanol–water partition coefficient (Wildman–Crippen LogP) is 1.63. The Morgan fingerprint density at radius 2 is 2.00 bits per heavy atom. The molecule has 1 fully saturated rings. The molecule has 19 heavy (non-hydrogen) atoms. The van der Waals surface area contributed by atoms with E-state index in [9.17, 15) is 4.79 Å². The molecular weight excluding hydrogens is 262 g/mol. The van der Waals surface area contributed by atoms with Gasteiger partial charge in [-0.2, -0.15) is 0 Å². The second-order valence-electron chi connectivity index (χ2n) is 6.67. The minimum Gasteiger partial charge on any atom is -0.354 e. The second kappa shape index (κ2) is 7.46. The first-order chi connectivity index (χ1) is 8.24. The number of hydrogen-bond acceptors (Lipinski definition) is 3. The van der Waals surface area contributed by atoms with E-state index >= 15 is 0 Å². The summed E-state index contributed by atoms with van der Waals surface area (Å²) in [6.45, 7) is 13.1. The number of nitrogens with one attached hydrogen (secondary N) is 1. The first-order valence-corrected chi connectivity index (χ1v) is 7.01. The molecule has 0 aliphatic carbocycles. The Labute approximate surface area is 123 Å². The van der Waals surface area contributed by atoms with E-state index in [2.05, 4.69) is 37.9 Å². The summed E-state index contributed by atoms with van der Waals surface area (Å²) in [5.74, 6) is 0.627. The van der Waals surface area contributed by atoms with Gasteiger partial charge in [-0.3, -0.25) is 9.69 Å². The largest absolute Gasteiger partial charge is 0.354 e. The van der Waals surface area contributed by atoms with Crippen LogP contribution in [0.15, 0.2) is 0 Å². The van der Waals surface area contributed by atoms with Gasteiger partial charge in [-0.25, -0.2) is 0 Å². The third kappa shape index (κ3) is 5.28. The van der Waals surface area contributed by atoms with E-state index in [0.717, 1.165) is 26.1 Å². The average Bonchev–Trinajstić information content (AvgIpc) is 2.28. The van der Waals surface area contributed by atoms with Crippen LogP contribution in [-0.4, -0.2) is 42.5 Å². The number of nitrogens with zero attached hydrogens (tertiary/aromatic N) is 1. The van der Waals surface area contributed by atoms with Crippen LogP contribution in [0.4, 0.5) is 0 Å². The lowest BCUT2D eigenvalue weighted by Crippen LogP contribution is -2.57. The number of piperidine rings is 1. The number of halogens is 1. The molecular formula is C14H30ClN3O. The summed E-state index contributed by atoms with van der Waals surface area (Å²) in [5.41, 5.74) is 6.21. The van der Waals surface area contributed by atoms with Crippen molar-refractivity contribution in [2.75, 3.05) is 19.6 Å². The molecule has 0 bridgehead atoms. The molecule has 1 heterocycles. The van der Waals surface area contributed by atoms with Crippen molar-refractivity contribution in [2.24, 2.45) is 17.1 Å². The van der Waals surface area contributed by atoms with Crippen molar-refractivity contribution >= 4 is 18.3 Å². The maximum absolute atomic E-state index is 12.1. The molecule has 0 aromatic heterocycles. The summed E-state index contributed by atoms with van der Waals surface area (Å²) in [5, 5.41) is 3.01. The van der Waals surface area contributed by atoms with Crippen molar-refractivity contribution in [1.82, 2.24) is 10.2 Å². The number of amides is 1. The third-order valence-electron chi connectivity index (χ3n) is 3.95. The van der Waals surface area contributed by atoms with Crippen molar-refractivity contribution in [3.8, 4) is 0 Å². The second-order valence-corrected chi connectivity index (χ2v) is 6.67. The van der Waals surface area contributed by atoms with Crippen LogP contribution in [0.1, 0.15) is 41.0 Å². The molecule has 1 saturated heterocycles. The minimum absolute atomic E-state index is 0. The number of carbonyl (C=O) groups is 1. The molecule has 1 aliphatic heterocycles. The minimum atomic E-state index is -0.0597. The molecule has 114 valence electrons. The van der Waals surface area contributed by atoms with Gasteiger partial charge in [-0.05, 0) is 24.7 Å². The lowest BCUT2D eigenvalue weighted by Gasteiger charge is -2.44. The standard InChI is InChI=1S/C14H29N3O.ClH/c1-10(2)8-16-13(18)11(3)17-7-6-12(15)14(4,5)9-17;/h10-12H,6-9,15H2,1-5H3,(H,16,18);1H. The normalized spacial score (nSPS) is 24.7. The monoisotopic (exact) mass is 291 g/mol. The molecule has 0 spiro atoms. The fourth-order valence-electron chi connectivity index (χ4n) is 2.36. The van der Waals surface area contributed by atoms with Crippen LogP contribution in [0.25, 0.3) is 0 Å². The van der Waals surface area contributed by atoms with Gasteiger partial charge in [-0.1, -0.05) is 27.7 Å². The summed E-state index contributed by atoms with van der Waals surface area (Å²) in [7, 11) is 0. The molecule has 0 saturated carbocycles. The molecule has 0 aromatic rings. The van der Waals surface area contributed by atoms with Crippen molar-refractivity contribution in [3.05, 3.63) is 0 Å². The number of nitrogens with two attached hydrogens (primary N) is 1. The van der Waals surface area contributed by atoms with Crippen molar-refractivity contribution in [1.29, 1.82) is 0 Å². The Hall–Kier alpha value is -0.320. The van der Waals surface area contributed by atoms with Crippen LogP contribution in [0.3, 0.4) is 0 Å². The SMILES string of the molecule is CC(C)CNC(=O)C(C)N1CCC(N)C(C)(C)C1.Cl. The number of carbonyl (C=O) groups excluding carboxylic acids is 1. The highest BCUT2D eigenvalue weighted by Gasteiger charge is 2.36. The molecule has 1 aliphatic rings. The predicted molar refractivity (Wildman–Crippen MR) is 82.5 cm³/mol. The van der Waals surface area contributed by atoms with Gasteiger partial charge in [0.05, 0.1) is 6.04 Å². The van der Waals surface area contributed by atoms with Gasteiger partial charge >= 0.3 is 0 Å². The van der Waals surface area contributed by atoms with E-state index in [-0.39, 0.29) is 35.8 Å². The molecule has 3 N–H and O–H groups in total. The van der Waals surface area contributed by atoms with E-state index < -0.39 is 0 Å². The molecule has 4 nitrogen and oxygen atoms in total. The lowest BCUT2D eigenvalue weighted by atomic mass is 9.79. The Kier molecular flexibility index (Phi) is 7.33. The summed E-state index contributed by atoms with van der Waals surface area (Å²) in [4.78, 5) is 14.3. The number of rotatable bonds is 4. The number of hydrogen-bond donors (Lipinski definition) is 2. The quantitative estimate of drug-likeness (QED) is 0.828. The fourth-order valence-corrected chi connectivity index (χ4v) is 2.36. The average molecular weight is 292 g/mol. The van der Waals surface area contributed by atoms with Gasteiger partial charge in [0.15, 0.2) is 0 Å². The highest BCUT2D eigenvalue weighted by Crippen LogP contribution is 2.28. The zero-order valence-electron chi connectivity index (χ0n) is 12.9. The maximum Gasteiger partial charge on any atom is 0.237 e. The Balaban J connectivity index is 0.00000324. The molecule has 5 heteroatoms. The Bertz CT molecular complexity index is 294. The lowest BCUT2D eigenvalue weighted by molar-refractivity contribution is -0.127. The highest BCUT2D eigenvalue weighted by molar-refractivity contribution is 5.85. The Morgan fingerprint density at radius 1 is 1.42 bits per heavy atom. The molecule has 2 unspecified atom stereocenters. The Morgan fingerprint density at radius 3 is 2.47 bits per heavy atom. The topological polar surface area (TPSA) is 58.4 Å². The third-order valence-corrected chi connectivity index (χ3v) is 3.95. The van der Waals surface area contributed by atoms with Crippen molar-refractivity contribution in [3.63, 3.8) is 0 Å². The highest BCUT2D eigenvalue weighted by atomic mass is 35.5. The summed E-state index contributed by atoms with van der Waals surface area (Å²) in [6.07, 6.45) is 0.967. The zero-order valence-corrected chi connectivity index (χ0v) is 13.7. The van der Waals surface area contributed by atoms with Crippen LogP contribution in [0.5, 0.6) is 0 Å². The van der Waals surface area contributed by atoms with E-state index in [1.54, 1.807) is 0 Å². The first-order valence-electron chi connectivity index (χ1n) is 7.01. The smallest absolute Gasteiger partial charge is 0.237 e. The van der Waals surface area contributed by atoms with E-state index in [1.807, 2.05) is 6.92 Å². The zero-order chi connectivity index (χ0) is 13.9. The van der Waals surface area contributed by atoms with E-state index in [0.29, 0.717) is 5.92 Å². The van der Waals surface area contributed by atoms with Gasteiger partial charge in [-0.15, -0.1) is 12.4 Å². The molecule has 1 amide bonds. The van der Waals surface area contributed by atoms with Crippen molar-refractivity contribution in [2.45, 2.75) is 53.1 Å². The van der Waals surface area contributed by atoms with Gasteiger partial charge in [0, 0.05) is 25.7 Å². The maximum atomic E-state index is 12.1. The van der Waals surface area contributed by atoms with Gasteiger partial charge in [0.2, 0.25) is 5.91 Å².